The van der Waals surface area contributed by atoms with Gasteiger partial charge >= 0.3 is 0 Å². The fourth-order valence-corrected chi connectivity index (χ4v) is 2.28. The highest BCUT2D eigenvalue weighted by Gasteiger charge is 2.18. The second kappa shape index (κ2) is 3.44. The topological polar surface area (TPSA) is 34.1 Å². The molecule has 0 saturated heterocycles. The van der Waals surface area contributed by atoms with E-state index in [4.69, 9.17) is 0 Å². The average Bonchev–Trinajstić information content (AvgIpc) is 2.26. The van der Waals surface area contributed by atoms with Crippen molar-refractivity contribution in [3.05, 3.63) is 22.0 Å². The molecule has 0 N–H and O–H groups in total. The van der Waals surface area contributed by atoms with Crippen molar-refractivity contribution in [1.82, 2.24) is 0 Å². The van der Waals surface area contributed by atoms with Gasteiger partial charge in [0.05, 0.1) is 0 Å². The number of hydrogen-bond acceptors (Lipinski definition) is 2. The van der Waals surface area contributed by atoms with E-state index in [0.29, 0.717) is 4.91 Å². The predicted octanol–water partition coefficient (Wildman–Crippen LogP) is 2.39. The van der Waals surface area contributed by atoms with Crippen LogP contribution in [-0.4, -0.2) is 8.42 Å². The molecule has 0 aromatic rings. The smallest absolute Gasteiger partial charge is 0.196 e. The van der Waals surface area contributed by atoms with Gasteiger partial charge in [-0.05, 0) is 31.4 Å². The molecule has 0 atom stereocenters. The van der Waals surface area contributed by atoms with Gasteiger partial charge in [0.2, 0.25) is 0 Å². The second-order valence-electron chi connectivity index (χ2n) is 3.03. The molecule has 0 aromatic carbocycles. The predicted molar refractivity (Wildman–Crippen MR) is 50.3 cm³/mol. The first-order valence-corrected chi connectivity index (χ1v) is 5.75. The molecule has 1 aliphatic rings. The summed E-state index contributed by atoms with van der Waals surface area (Å²) < 4.78 is 22.4. The third-order valence-corrected chi connectivity index (χ3v) is 3.74. The summed E-state index contributed by atoms with van der Waals surface area (Å²) in [5.41, 5.74) is 0.983. The molecule has 68 valence electrons. The summed E-state index contributed by atoms with van der Waals surface area (Å²) in [6, 6.07) is 0. The van der Waals surface area contributed by atoms with Crippen LogP contribution in [0.1, 0.15) is 33.1 Å². The Hall–Kier alpha value is -0.570. The van der Waals surface area contributed by atoms with E-state index in [2.05, 4.69) is 6.92 Å². The molecule has 0 aromatic heterocycles. The number of sulfone groups is 1. The Morgan fingerprint density at radius 2 is 2.08 bits per heavy atom. The highest BCUT2D eigenvalue weighted by molar-refractivity contribution is 7.98. The first kappa shape index (κ1) is 9.52. The summed E-state index contributed by atoms with van der Waals surface area (Å²) in [6.07, 6.45) is 4.77. The van der Waals surface area contributed by atoms with Gasteiger partial charge < -0.3 is 0 Å². The van der Waals surface area contributed by atoms with Crippen molar-refractivity contribution in [2.75, 3.05) is 0 Å². The van der Waals surface area contributed by atoms with Crippen molar-refractivity contribution in [1.29, 1.82) is 0 Å². The van der Waals surface area contributed by atoms with Crippen molar-refractivity contribution in [2.45, 2.75) is 33.1 Å². The van der Waals surface area contributed by atoms with Crippen LogP contribution in [0.2, 0.25) is 0 Å². The highest BCUT2D eigenvalue weighted by atomic mass is 32.2. The van der Waals surface area contributed by atoms with Crippen LogP contribution in [0.5, 0.6) is 0 Å². The van der Waals surface area contributed by atoms with Crippen LogP contribution in [0.15, 0.2) is 22.0 Å². The molecule has 0 saturated carbocycles. The Morgan fingerprint density at radius 3 is 2.50 bits per heavy atom. The first-order chi connectivity index (χ1) is 5.58. The molecule has 0 aliphatic carbocycles. The van der Waals surface area contributed by atoms with Crippen molar-refractivity contribution in [2.24, 2.45) is 0 Å². The molecule has 0 unspecified atom stereocenters. The standard InChI is InChI=1S/C9H14O2S/c1-3-4-5-9-6-7-12(10,11)8(9)2/h6-7H,3-5H2,1-2H3. The lowest BCUT2D eigenvalue weighted by Crippen LogP contribution is -1.93. The monoisotopic (exact) mass is 186 g/mol. The van der Waals surface area contributed by atoms with E-state index in [1.807, 2.05) is 0 Å². The Kier molecular flexibility index (Phi) is 2.73. The van der Waals surface area contributed by atoms with Crippen LogP contribution in [0.4, 0.5) is 0 Å². The molecule has 1 aliphatic heterocycles. The second-order valence-corrected chi connectivity index (χ2v) is 5.01. The lowest BCUT2D eigenvalue weighted by Gasteiger charge is -1.99. The SMILES string of the molecule is CCCCC1=C(C)S(=O)(=O)C=C1. The summed E-state index contributed by atoms with van der Waals surface area (Å²) in [4.78, 5) is 0.538. The van der Waals surface area contributed by atoms with Crippen LogP contribution in [0.3, 0.4) is 0 Å². The number of unbranched alkanes of at least 4 members (excludes halogenated alkanes) is 1. The Labute approximate surface area is 73.9 Å². The fourth-order valence-electron chi connectivity index (χ4n) is 1.20. The molecule has 2 nitrogen and oxygen atoms in total. The number of rotatable bonds is 3. The maximum absolute atomic E-state index is 11.2. The van der Waals surface area contributed by atoms with Crippen molar-refractivity contribution in [3.8, 4) is 0 Å². The normalized spacial score (nSPS) is 20.5. The fraction of sp³-hybridized carbons (Fsp3) is 0.556. The summed E-state index contributed by atoms with van der Waals surface area (Å²) in [6.45, 7) is 3.78. The zero-order valence-corrected chi connectivity index (χ0v) is 8.32. The summed E-state index contributed by atoms with van der Waals surface area (Å²) in [5, 5.41) is 1.30. The van der Waals surface area contributed by atoms with Gasteiger partial charge in [0.15, 0.2) is 9.84 Å². The molecular weight excluding hydrogens is 172 g/mol. The Balaban J connectivity index is 2.80. The average molecular weight is 186 g/mol. The van der Waals surface area contributed by atoms with Crippen LogP contribution in [0, 0.1) is 0 Å². The Bertz CT molecular complexity index is 320. The number of hydrogen-bond donors (Lipinski definition) is 0. The molecule has 0 radical (unpaired) electrons. The van der Waals surface area contributed by atoms with E-state index in [1.54, 1.807) is 13.0 Å². The van der Waals surface area contributed by atoms with E-state index in [1.165, 1.54) is 5.41 Å². The Morgan fingerprint density at radius 1 is 1.42 bits per heavy atom. The lowest BCUT2D eigenvalue weighted by atomic mass is 10.1. The third-order valence-electron chi connectivity index (χ3n) is 2.13. The van der Waals surface area contributed by atoms with Gasteiger partial charge in [-0.15, -0.1) is 0 Å². The highest BCUT2D eigenvalue weighted by Crippen LogP contribution is 2.25. The first-order valence-electron chi connectivity index (χ1n) is 4.21. The van der Waals surface area contributed by atoms with Crippen molar-refractivity contribution in [3.63, 3.8) is 0 Å². The summed E-state index contributed by atoms with van der Waals surface area (Å²) in [5.74, 6) is 0. The maximum atomic E-state index is 11.2. The van der Waals surface area contributed by atoms with E-state index < -0.39 is 9.84 Å². The molecule has 1 rings (SSSR count). The molecule has 0 fully saturated rings. The minimum Gasteiger partial charge on any atom is -0.219 e. The molecule has 12 heavy (non-hydrogen) atoms. The lowest BCUT2D eigenvalue weighted by molar-refractivity contribution is 0.610. The van der Waals surface area contributed by atoms with E-state index >= 15 is 0 Å². The van der Waals surface area contributed by atoms with Gasteiger partial charge in [0.25, 0.3) is 0 Å². The van der Waals surface area contributed by atoms with Gasteiger partial charge in [-0.3, -0.25) is 0 Å². The zero-order valence-electron chi connectivity index (χ0n) is 7.50. The molecule has 3 heteroatoms. The molecule has 0 amide bonds. The molecule has 0 bridgehead atoms. The van der Waals surface area contributed by atoms with Gasteiger partial charge in [0, 0.05) is 10.3 Å². The summed E-state index contributed by atoms with van der Waals surface area (Å²) >= 11 is 0. The van der Waals surface area contributed by atoms with Gasteiger partial charge in [-0.2, -0.15) is 0 Å². The van der Waals surface area contributed by atoms with Gasteiger partial charge in [-0.25, -0.2) is 8.42 Å². The van der Waals surface area contributed by atoms with E-state index in [9.17, 15) is 8.42 Å². The van der Waals surface area contributed by atoms with Crippen LogP contribution < -0.4 is 0 Å². The van der Waals surface area contributed by atoms with Crippen molar-refractivity contribution < 1.29 is 8.42 Å². The van der Waals surface area contributed by atoms with Crippen molar-refractivity contribution >= 4 is 9.84 Å². The zero-order chi connectivity index (χ0) is 9.19. The van der Waals surface area contributed by atoms with Crippen LogP contribution >= 0.6 is 0 Å². The van der Waals surface area contributed by atoms with Crippen LogP contribution in [-0.2, 0) is 9.84 Å². The largest absolute Gasteiger partial charge is 0.219 e. The van der Waals surface area contributed by atoms with E-state index in [0.717, 1.165) is 24.8 Å². The van der Waals surface area contributed by atoms with Gasteiger partial charge in [-0.1, -0.05) is 13.3 Å². The molecule has 1 heterocycles. The number of allylic oxidation sites excluding steroid dienone is 3. The van der Waals surface area contributed by atoms with E-state index in [-0.39, 0.29) is 0 Å². The minimum absolute atomic E-state index is 0.538. The maximum Gasteiger partial charge on any atom is 0.196 e. The van der Waals surface area contributed by atoms with Gasteiger partial charge in [0.1, 0.15) is 0 Å². The third kappa shape index (κ3) is 1.78. The minimum atomic E-state index is -3.01. The van der Waals surface area contributed by atoms with Crippen LogP contribution in [0.25, 0.3) is 0 Å². The summed E-state index contributed by atoms with van der Waals surface area (Å²) in [7, 11) is -3.01. The molecule has 0 spiro atoms. The molecular formula is C9H14O2S. The quantitative estimate of drug-likeness (QED) is 0.678.